The Labute approximate surface area is 374 Å². The van der Waals surface area contributed by atoms with Crippen LogP contribution in [0, 0.1) is 17.8 Å². The van der Waals surface area contributed by atoms with E-state index < -0.39 is 6.10 Å². The van der Waals surface area contributed by atoms with Gasteiger partial charge in [-0.3, -0.25) is 14.4 Å². The van der Waals surface area contributed by atoms with Crippen LogP contribution in [0.4, 0.5) is 0 Å². The molecule has 0 aliphatic carbocycles. The fourth-order valence-electron chi connectivity index (χ4n) is 8.12. The van der Waals surface area contributed by atoms with Crippen molar-refractivity contribution in [1.29, 1.82) is 0 Å². The molecule has 6 nitrogen and oxygen atoms in total. The zero-order chi connectivity index (χ0) is 44.2. The number of hydrogen-bond donors (Lipinski definition) is 0. The van der Waals surface area contributed by atoms with E-state index in [2.05, 4.69) is 41.5 Å². The largest absolute Gasteiger partial charge is 0.462 e. The highest BCUT2D eigenvalue weighted by Crippen LogP contribution is 2.18. The van der Waals surface area contributed by atoms with Gasteiger partial charge in [0.1, 0.15) is 13.2 Å². The van der Waals surface area contributed by atoms with Gasteiger partial charge in [0, 0.05) is 19.3 Å². The van der Waals surface area contributed by atoms with E-state index in [4.69, 9.17) is 14.2 Å². The van der Waals surface area contributed by atoms with Crippen molar-refractivity contribution in [1.82, 2.24) is 0 Å². The molecule has 0 saturated carbocycles. The van der Waals surface area contributed by atoms with Crippen molar-refractivity contribution in [3.63, 3.8) is 0 Å². The Morgan fingerprint density at radius 3 is 0.717 bits per heavy atom. The molecule has 60 heavy (non-hydrogen) atoms. The molecule has 356 valence electrons. The highest BCUT2D eigenvalue weighted by Gasteiger charge is 2.19. The van der Waals surface area contributed by atoms with Crippen molar-refractivity contribution in [3.05, 3.63) is 0 Å². The van der Waals surface area contributed by atoms with Crippen molar-refractivity contribution in [2.45, 2.75) is 298 Å². The first-order valence-electron chi connectivity index (χ1n) is 26.6. The van der Waals surface area contributed by atoms with Crippen LogP contribution in [0.1, 0.15) is 292 Å². The fourth-order valence-corrected chi connectivity index (χ4v) is 8.12. The lowest BCUT2D eigenvalue weighted by Crippen LogP contribution is -2.30. The lowest BCUT2D eigenvalue weighted by molar-refractivity contribution is -0.167. The molecule has 6 heteroatoms. The van der Waals surface area contributed by atoms with Gasteiger partial charge in [0.2, 0.25) is 0 Å². The van der Waals surface area contributed by atoms with E-state index in [1.54, 1.807) is 0 Å². The summed E-state index contributed by atoms with van der Waals surface area (Å²) in [5.74, 6) is 1.60. The first-order chi connectivity index (χ1) is 29.1. The van der Waals surface area contributed by atoms with Crippen LogP contribution < -0.4 is 0 Å². The van der Waals surface area contributed by atoms with Crippen LogP contribution in [0.25, 0.3) is 0 Å². The highest BCUT2D eigenvalue weighted by atomic mass is 16.6. The van der Waals surface area contributed by atoms with E-state index in [0.29, 0.717) is 19.3 Å². The van der Waals surface area contributed by atoms with Crippen molar-refractivity contribution in [2.75, 3.05) is 13.2 Å². The topological polar surface area (TPSA) is 78.9 Å². The Morgan fingerprint density at radius 2 is 0.483 bits per heavy atom. The van der Waals surface area contributed by atoms with Crippen molar-refractivity contribution in [2.24, 2.45) is 17.8 Å². The average molecular weight is 849 g/mol. The van der Waals surface area contributed by atoms with E-state index in [1.165, 1.54) is 173 Å². The van der Waals surface area contributed by atoms with Gasteiger partial charge >= 0.3 is 17.9 Å². The third kappa shape index (κ3) is 47.5. The van der Waals surface area contributed by atoms with Crippen LogP contribution in [-0.4, -0.2) is 37.2 Å². The molecule has 0 rings (SSSR count). The van der Waals surface area contributed by atoms with Gasteiger partial charge < -0.3 is 14.2 Å². The summed E-state index contributed by atoms with van der Waals surface area (Å²) in [7, 11) is 0. The maximum atomic E-state index is 12.8. The van der Waals surface area contributed by atoms with Crippen LogP contribution >= 0.6 is 0 Å². The summed E-state index contributed by atoms with van der Waals surface area (Å²) in [6.45, 7) is 13.7. The van der Waals surface area contributed by atoms with E-state index in [0.717, 1.165) is 75.5 Å². The Morgan fingerprint density at radius 1 is 0.283 bits per heavy atom. The quantitative estimate of drug-likeness (QED) is 0.0345. The summed E-state index contributed by atoms with van der Waals surface area (Å²) >= 11 is 0. The minimum atomic E-state index is -0.763. The molecule has 0 bridgehead atoms. The molecule has 0 saturated heterocycles. The first kappa shape index (κ1) is 58.4. The number of carbonyl (C=O) groups excluding carboxylic acids is 3. The second-order valence-corrected chi connectivity index (χ2v) is 19.9. The Hall–Kier alpha value is -1.59. The van der Waals surface area contributed by atoms with Crippen molar-refractivity contribution < 1.29 is 28.6 Å². The Balaban J connectivity index is 4.25. The third-order valence-electron chi connectivity index (χ3n) is 12.1. The normalized spacial score (nSPS) is 12.2. The molecule has 0 radical (unpaired) electrons. The number of esters is 3. The van der Waals surface area contributed by atoms with E-state index >= 15 is 0 Å². The third-order valence-corrected chi connectivity index (χ3v) is 12.1. The molecule has 0 aromatic rings. The molecule has 0 heterocycles. The van der Waals surface area contributed by atoms with Crippen molar-refractivity contribution >= 4 is 17.9 Å². The van der Waals surface area contributed by atoms with Gasteiger partial charge in [0.25, 0.3) is 0 Å². The fraction of sp³-hybridized carbons (Fsp3) is 0.944. The number of carbonyl (C=O) groups is 3. The average Bonchev–Trinajstić information content (AvgIpc) is 3.20. The smallest absolute Gasteiger partial charge is 0.306 e. The molecule has 0 aromatic heterocycles. The molecular weight excluding hydrogens is 745 g/mol. The summed E-state index contributed by atoms with van der Waals surface area (Å²) in [4.78, 5) is 37.9. The predicted octanol–water partition coefficient (Wildman–Crippen LogP) is 17.2. The van der Waals surface area contributed by atoms with Crippen LogP contribution in [-0.2, 0) is 28.6 Å². The molecule has 0 unspecified atom stereocenters. The maximum Gasteiger partial charge on any atom is 0.306 e. The summed E-state index contributed by atoms with van der Waals surface area (Å²) < 4.78 is 16.8. The zero-order valence-electron chi connectivity index (χ0n) is 41.3. The maximum absolute atomic E-state index is 12.8. The van der Waals surface area contributed by atoms with Crippen LogP contribution in [0.15, 0.2) is 0 Å². The van der Waals surface area contributed by atoms with Crippen LogP contribution in [0.2, 0.25) is 0 Å². The molecule has 0 N–H and O–H groups in total. The molecular formula is C54H104O6. The van der Waals surface area contributed by atoms with Gasteiger partial charge in [0.05, 0.1) is 0 Å². The Bertz CT molecular complexity index is 929. The van der Waals surface area contributed by atoms with E-state index in [9.17, 15) is 14.4 Å². The van der Waals surface area contributed by atoms with Gasteiger partial charge in [0.15, 0.2) is 6.10 Å². The molecule has 1 atom stereocenters. The SMILES string of the molecule is CC(C)CCCCCCCCCCCCCCCCCC(=O)OC[C@H](COC(=O)CCCCCCCCCCCCCC(C)C)OC(=O)CCCCCCCCCC(C)C. The zero-order valence-corrected chi connectivity index (χ0v) is 41.3. The molecule has 0 aliphatic rings. The molecule has 0 aliphatic heterocycles. The second kappa shape index (κ2) is 45.4. The summed E-state index contributed by atoms with van der Waals surface area (Å²) in [6, 6.07) is 0. The monoisotopic (exact) mass is 849 g/mol. The lowest BCUT2D eigenvalue weighted by atomic mass is 10.0. The minimum absolute atomic E-state index is 0.0650. The number of ether oxygens (including phenoxy) is 3. The van der Waals surface area contributed by atoms with Gasteiger partial charge in [-0.2, -0.15) is 0 Å². The minimum Gasteiger partial charge on any atom is -0.462 e. The van der Waals surface area contributed by atoms with Crippen molar-refractivity contribution in [3.8, 4) is 0 Å². The van der Waals surface area contributed by atoms with Crippen LogP contribution in [0.3, 0.4) is 0 Å². The molecule has 0 aromatic carbocycles. The highest BCUT2D eigenvalue weighted by molar-refractivity contribution is 5.71. The summed E-state index contributed by atoms with van der Waals surface area (Å²) in [6.07, 6.45) is 45.3. The molecule has 0 amide bonds. The van der Waals surface area contributed by atoms with E-state index in [1.807, 2.05) is 0 Å². The number of unbranched alkanes of at least 4 members (excludes halogenated alkanes) is 30. The van der Waals surface area contributed by atoms with Gasteiger partial charge in [-0.05, 0) is 37.0 Å². The lowest BCUT2D eigenvalue weighted by Gasteiger charge is -2.18. The van der Waals surface area contributed by atoms with E-state index in [-0.39, 0.29) is 31.1 Å². The van der Waals surface area contributed by atoms with Gasteiger partial charge in [-0.15, -0.1) is 0 Å². The summed E-state index contributed by atoms with van der Waals surface area (Å²) in [5.41, 5.74) is 0. The summed E-state index contributed by atoms with van der Waals surface area (Å²) in [5, 5.41) is 0. The number of rotatable bonds is 47. The Kier molecular flexibility index (Phi) is 44.2. The standard InChI is InChI=1S/C54H104O6/c1-48(2)40-34-28-22-17-13-10-8-7-9-11-15-19-25-31-37-43-52(55)58-46-51(60-54(57)45-39-33-27-21-24-30-36-42-50(5)6)47-59-53(56)44-38-32-26-20-16-12-14-18-23-29-35-41-49(3)4/h48-51H,7-47H2,1-6H3/t51-/m1/s1. The van der Waals surface area contributed by atoms with Gasteiger partial charge in [-0.1, -0.05) is 253 Å². The predicted molar refractivity (Wildman–Crippen MR) is 256 cm³/mol. The second-order valence-electron chi connectivity index (χ2n) is 19.9. The number of hydrogen-bond acceptors (Lipinski definition) is 6. The van der Waals surface area contributed by atoms with Crippen LogP contribution in [0.5, 0.6) is 0 Å². The van der Waals surface area contributed by atoms with Gasteiger partial charge in [-0.25, -0.2) is 0 Å². The first-order valence-corrected chi connectivity index (χ1v) is 26.6. The molecule has 0 fully saturated rings. The molecule has 0 spiro atoms.